The van der Waals surface area contributed by atoms with Crippen LogP contribution >= 0.6 is 0 Å². The largest absolute Gasteiger partial charge is 0.480 e. The van der Waals surface area contributed by atoms with Gasteiger partial charge in [-0.1, -0.05) is 20.8 Å². The van der Waals surface area contributed by atoms with E-state index in [2.05, 4.69) is 5.32 Å². The SMILES string of the molecule is CC(C)(C)CCS(=O)(=O)N1CCNCC1C(=O)O. The molecular weight excluding hydrogens is 256 g/mol. The number of nitrogens with one attached hydrogen (secondary N) is 1. The Balaban J connectivity index is 2.78. The number of carboxylic acids is 1. The molecule has 0 aromatic rings. The number of piperazine rings is 1. The van der Waals surface area contributed by atoms with E-state index >= 15 is 0 Å². The Morgan fingerprint density at radius 3 is 2.56 bits per heavy atom. The van der Waals surface area contributed by atoms with Crippen molar-refractivity contribution in [1.82, 2.24) is 9.62 Å². The Bertz CT molecular complexity index is 400. The fourth-order valence-corrected chi connectivity index (χ4v) is 3.81. The molecule has 1 saturated heterocycles. The Labute approximate surface area is 108 Å². The Hall–Kier alpha value is -0.660. The van der Waals surface area contributed by atoms with Crippen molar-refractivity contribution in [3.05, 3.63) is 0 Å². The van der Waals surface area contributed by atoms with Gasteiger partial charge in [0.05, 0.1) is 5.75 Å². The highest BCUT2D eigenvalue weighted by atomic mass is 32.2. The second-order valence-electron chi connectivity index (χ2n) is 5.80. The first-order valence-electron chi connectivity index (χ1n) is 6.06. The summed E-state index contributed by atoms with van der Waals surface area (Å²) in [6.45, 7) is 6.80. The molecule has 1 atom stereocenters. The zero-order valence-electron chi connectivity index (χ0n) is 11.1. The predicted octanol–water partition coefficient (Wildman–Crippen LogP) is 0.111. The van der Waals surface area contributed by atoms with Gasteiger partial charge in [0, 0.05) is 19.6 Å². The van der Waals surface area contributed by atoms with E-state index in [0.717, 1.165) is 4.31 Å². The van der Waals surface area contributed by atoms with Gasteiger partial charge in [0.2, 0.25) is 10.0 Å². The Kier molecular flexibility index (Phi) is 4.74. The maximum atomic E-state index is 12.2. The standard InChI is InChI=1S/C11H22N2O4S/c1-11(2,3)4-7-18(16,17)13-6-5-12-8-9(13)10(14)15/h9,12H,4-8H2,1-3H3,(H,14,15). The predicted molar refractivity (Wildman–Crippen MR) is 68.9 cm³/mol. The normalized spacial score (nSPS) is 22.9. The lowest BCUT2D eigenvalue weighted by Gasteiger charge is -2.33. The average molecular weight is 278 g/mol. The number of hydrogen-bond donors (Lipinski definition) is 2. The maximum Gasteiger partial charge on any atom is 0.323 e. The van der Waals surface area contributed by atoms with Crippen molar-refractivity contribution in [3.8, 4) is 0 Å². The van der Waals surface area contributed by atoms with Gasteiger partial charge in [0.25, 0.3) is 0 Å². The van der Waals surface area contributed by atoms with Gasteiger partial charge in [-0.2, -0.15) is 4.31 Å². The maximum absolute atomic E-state index is 12.2. The summed E-state index contributed by atoms with van der Waals surface area (Å²) in [7, 11) is -3.50. The number of carboxylic acid groups (broad SMARTS) is 1. The van der Waals surface area contributed by atoms with Crippen LogP contribution in [0.2, 0.25) is 0 Å². The number of aliphatic carboxylic acids is 1. The minimum atomic E-state index is -3.50. The molecule has 1 aliphatic rings. The first-order chi connectivity index (χ1) is 8.13. The summed E-state index contributed by atoms with van der Waals surface area (Å²) < 4.78 is 25.5. The van der Waals surface area contributed by atoms with Crippen molar-refractivity contribution >= 4 is 16.0 Å². The molecule has 1 rings (SSSR count). The van der Waals surface area contributed by atoms with E-state index in [1.807, 2.05) is 20.8 Å². The van der Waals surface area contributed by atoms with Crippen LogP contribution in [-0.2, 0) is 14.8 Å². The molecule has 0 aromatic carbocycles. The second kappa shape index (κ2) is 5.54. The van der Waals surface area contributed by atoms with E-state index in [1.54, 1.807) is 0 Å². The zero-order valence-corrected chi connectivity index (χ0v) is 12.0. The molecule has 0 radical (unpaired) electrons. The van der Waals surface area contributed by atoms with Crippen molar-refractivity contribution in [2.75, 3.05) is 25.4 Å². The molecule has 2 N–H and O–H groups in total. The van der Waals surface area contributed by atoms with Crippen LogP contribution in [0.4, 0.5) is 0 Å². The first kappa shape index (κ1) is 15.4. The summed E-state index contributed by atoms with van der Waals surface area (Å²) in [5.74, 6) is -1.10. The summed E-state index contributed by atoms with van der Waals surface area (Å²) in [6.07, 6.45) is 0.519. The van der Waals surface area contributed by atoms with Gasteiger partial charge < -0.3 is 10.4 Å². The third-order valence-electron chi connectivity index (χ3n) is 2.95. The molecule has 1 fully saturated rings. The molecule has 0 aliphatic carbocycles. The molecule has 0 spiro atoms. The molecule has 7 heteroatoms. The van der Waals surface area contributed by atoms with E-state index < -0.39 is 22.0 Å². The van der Waals surface area contributed by atoms with Crippen molar-refractivity contribution in [3.63, 3.8) is 0 Å². The quantitative estimate of drug-likeness (QED) is 0.762. The average Bonchev–Trinajstić information content (AvgIpc) is 2.26. The van der Waals surface area contributed by atoms with E-state index in [4.69, 9.17) is 5.11 Å². The molecule has 6 nitrogen and oxygen atoms in total. The van der Waals surface area contributed by atoms with Gasteiger partial charge >= 0.3 is 5.97 Å². The number of nitrogens with zero attached hydrogens (tertiary/aromatic N) is 1. The van der Waals surface area contributed by atoms with Crippen LogP contribution in [0.1, 0.15) is 27.2 Å². The van der Waals surface area contributed by atoms with Gasteiger partial charge in [0.15, 0.2) is 0 Å². The van der Waals surface area contributed by atoms with Crippen LogP contribution < -0.4 is 5.32 Å². The van der Waals surface area contributed by atoms with Crippen LogP contribution in [-0.4, -0.2) is 55.2 Å². The van der Waals surface area contributed by atoms with E-state index in [0.29, 0.717) is 13.0 Å². The molecule has 0 aromatic heterocycles. The number of hydrogen-bond acceptors (Lipinski definition) is 4. The molecule has 1 unspecified atom stereocenters. The lowest BCUT2D eigenvalue weighted by Crippen LogP contribution is -2.57. The van der Waals surface area contributed by atoms with Crippen molar-refractivity contribution in [1.29, 1.82) is 0 Å². The number of carbonyl (C=O) groups is 1. The second-order valence-corrected chi connectivity index (χ2v) is 7.84. The fraction of sp³-hybridized carbons (Fsp3) is 0.909. The molecule has 106 valence electrons. The highest BCUT2D eigenvalue weighted by Crippen LogP contribution is 2.21. The topological polar surface area (TPSA) is 86.7 Å². The summed E-state index contributed by atoms with van der Waals surface area (Å²) in [5.41, 5.74) is -0.0835. The smallest absolute Gasteiger partial charge is 0.323 e. The van der Waals surface area contributed by atoms with Crippen LogP contribution in [0.25, 0.3) is 0 Å². The molecule has 18 heavy (non-hydrogen) atoms. The minimum Gasteiger partial charge on any atom is -0.480 e. The van der Waals surface area contributed by atoms with Crippen molar-refractivity contribution in [2.45, 2.75) is 33.2 Å². The highest BCUT2D eigenvalue weighted by Gasteiger charge is 2.36. The monoisotopic (exact) mass is 278 g/mol. The fourth-order valence-electron chi connectivity index (χ4n) is 1.78. The Morgan fingerprint density at radius 2 is 2.06 bits per heavy atom. The van der Waals surface area contributed by atoms with Gasteiger partial charge in [-0.15, -0.1) is 0 Å². The summed E-state index contributed by atoms with van der Waals surface area (Å²) in [4.78, 5) is 11.1. The lowest BCUT2D eigenvalue weighted by molar-refractivity contribution is -0.141. The highest BCUT2D eigenvalue weighted by molar-refractivity contribution is 7.89. The Morgan fingerprint density at radius 1 is 1.44 bits per heavy atom. The van der Waals surface area contributed by atoms with Crippen molar-refractivity contribution < 1.29 is 18.3 Å². The van der Waals surface area contributed by atoms with Crippen LogP contribution in [0.15, 0.2) is 0 Å². The first-order valence-corrected chi connectivity index (χ1v) is 7.67. The molecule has 0 saturated carbocycles. The van der Waals surface area contributed by atoms with Crippen molar-refractivity contribution in [2.24, 2.45) is 5.41 Å². The zero-order chi connectivity index (χ0) is 14.0. The van der Waals surface area contributed by atoms with Crippen LogP contribution in [0.3, 0.4) is 0 Å². The van der Waals surface area contributed by atoms with Gasteiger partial charge in [-0.3, -0.25) is 4.79 Å². The minimum absolute atomic E-state index is 0.000278. The lowest BCUT2D eigenvalue weighted by atomic mass is 9.94. The number of sulfonamides is 1. The molecule has 0 bridgehead atoms. The summed E-state index contributed by atoms with van der Waals surface area (Å²) >= 11 is 0. The third kappa shape index (κ3) is 4.22. The summed E-state index contributed by atoms with van der Waals surface area (Å²) in [6, 6.07) is -0.983. The summed E-state index contributed by atoms with van der Waals surface area (Å²) in [5, 5.41) is 12.0. The molecule has 1 heterocycles. The van der Waals surface area contributed by atoms with Gasteiger partial charge in [-0.25, -0.2) is 8.42 Å². The molecule has 0 amide bonds. The van der Waals surface area contributed by atoms with E-state index in [-0.39, 0.29) is 24.3 Å². The van der Waals surface area contributed by atoms with Crippen LogP contribution in [0, 0.1) is 5.41 Å². The van der Waals surface area contributed by atoms with Gasteiger partial charge in [-0.05, 0) is 11.8 Å². The van der Waals surface area contributed by atoms with E-state index in [1.165, 1.54) is 0 Å². The number of rotatable bonds is 4. The third-order valence-corrected chi connectivity index (χ3v) is 4.82. The van der Waals surface area contributed by atoms with E-state index in [9.17, 15) is 13.2 Å². The molecular formula is C11H22N2O4S. The van der Waals surface area contributed by atoms with Gasteiger partial charge in [0.1, 0.15) is 6.04 Å². The molecule has 1 aliphatic heterocycles. The van der Waals surface area contributed by atoms with Crippen LogP contribution in [0.5, 0.6) is 0 Å².